The second kappa shape index (κ2) is 7.95. The van der Waals surface area contributed by atoms with Crippen LogP contribution in [0.1, 0.15) is 39.4 Å². The molecular formula is C19H19N3O2S. The predicted molar refractivity (Wildman–Crippen MR) is 97.4 cm³/mol. The van der Waals surface area contributed by atoms with Gasteiger partial charge >= 0.3 is 0 Å². The molecule has 0 aliphatic heterocycles. The van der Waals surface area contributed by atoms with Crippen LogP contribution in [-0.2, 0) is 4.79 Å². The maximum Gasteiger partial charge on any atom is 0.240 e. The highest BCUT2D eigenvalue weighted by molar-refractivity contribution is 8.00. The van der Waals surface area contributed by atoms with Crippen molar-refractivity contribution in [3.8, 4) is 6.07 Å². The van der Waals surface area contributed by atoms with Crippen LogP contribution >= 0.6 is 11.8 Å². The third-order valence-corrected chi connectivity index (χ3v) is 4.92. The largest absolute Gasteiger partial charge is 0.348 e. The van der Waals surface area contributed by atoms with Gasteiger partial charge < -0.3 is 4.90 Å². The van der Waals surface area contributed by atoms with Crippen LogP contribution in [0.5, 0.6) is 0 Å². The second-order valence-corrected chi connectivity index (χ2v) is 6.88. The summed E-state index contributed by atoms with van der Waals surface area (Å²) in [5, 5.41) is 9.37. The highest BCUT2D eigenvalue weighted by Crippen LogP contribution is 2.37. The van der Waals surface area contributed by atoms with Gasteiger partial charge in [-0.3, -0.25) is 9.59 Å². The number of benzene rings is 1. The van der Waals surface area contributed by atoms with E-state index < -0.39 is 5.25 Å². The second-order valence-electron chi connectivity index (χ2n) is 5.78. The molecule has 1 aromatic heterocycles. The summed E-state index contributed by atoms with van der Waals surface area (Å²) in [5.74, 6) is -0.225. The third kappa shape index (κ3) is 4.25. The number of hydrogen-bond donors (Lipinski definition) is 0. The minimum Gasteiger partial charge on any atom is -0.348 e. The van der Waals surface area contributed by atoms with Gasteiger partial charge in [-0.2, -0.15) is 5.26 Å². The number of nitrogens with zero attached hydrogens (tertiary/aromatic N) is 3. The molecule has 6 heteroatoms. The van der Waals surface area contributed by atoms with Gasteiger partial charge in [0.2, 0.25) is 5.91 Å². The van der Waals surface area contributed by atoms with Crippen molar-refractivity contribution in [1.82, 2.24) is 9.88 Å². The molecule has 0 bridgehead atoms. The molecule has 1 unspecified atom stereocenters. The van der Waals surface area contributed by atoms with Crippen molar-refractivity contribution >= 4 is 23.5 Å². The minimum atomic E-state index is -0.515. The van der Waals surface area contributed by atoms with Crippen LogP contribution in [0.3, 0.4) is 0 Å². The molecule has 0 spiro atoms. The van der Waals surface area contributed by atoms with Gasteiger partial charge in [0.15, 0.2) is 5.78 Å². The van der Waals surface area contributed by atoms with Gasteiger partial charge in [-0.05, 0) is 25.5 Å². The van der Waals surface area contributed by atoms with E-state index in [4.69, 9.17) is 0 Å². The number of thioether (sulfide) groups is 1. The standard InChI is InChI=1S/C19H19N3O2S/c1-12-16(13(2)23)10-15(11-20)18(21-12)25-17(19(24)22(3)4)14-8-6-5-7-9-14/h5-10,17H,1-4H3. The highest BCUT2D eigenvalue weighted by atomic mass is 32.2. The van der Waals surface area contributed by atoms with E-state index in [1.807, 2.05) is 30.3 Å². The van der Waals surface area contributed by atoms with E-state index >= 15 is 0 Å². The fraction of sp³-hybridized carbons (Fsp3) is 0.263. The van der Waals surface area contributed by atoms with Crippen molar-refractivity contribution in [1.29, 1.82) is 5.26 Å². The Morgan fingerprint density at radius 1 is 1.24 bits per heavy atom. The van der Waals surface area contributed by atoms with Gasteiger partial charge in [-0.1, -0.05) is 42.1 Å². The average molecular weight is 353 g/mol. The topological polar surface area (TPSA) is 74.1 Å². The molecule has 128 valence electrons. The first-order valence-corrected chi connectivity index (χ1v) is 8.58. The molecule has 2 rings (SSSR count). The molecule has 0 N–H and O–H groups in total. The van der Waals surface area contributed by atoms with Gasteiger partial charge in [0.25, 0.3) is 0 Å². The van der Waals surface area contributed by atoms with Crippen LogP contribution in [0.15, 0.2) is 41.4 Å². The number of aryl methyl sites for hydroxylation is 1. The lowest BCUT2D eigenvalue weighted by molar-refractivity contribution is -0.128. The molecule has 0 aliphatic rings. The number of nitriles is 1. The number of rotatable bonds is 5. The Hall–Kier alpha value is -2.65. The first-order chi connectivity index (χ1) is 11.8. The Morgan fingerprint density at radius 3 is 2.40 bits per heavy atom. The van der Waals surface area contributed by atoms with Crippen LogP contribution in [0.2, 0.25) is 0 Å². The molecule has 1 heterocycles. The zero-order chi connectivity index (χ0) is 18.6. The van der Waals surface area contributed by atoms with Gasteiger partial charge in [0, 0.05) is 25.4 Å². The Labute approximate surface area is 151 Å². The smallest absolute Gasteiger partial charge is 0.240 e. The van der Waals surface area contributed by atoms with Crippen molar-refractivity contribution in [3.63, 3.8) is 0 Å². The fourth-order valence-electron chi connectivity index (χ4n) is 2.34. The van der Waals surface area contributed by atoms with Gasteiger partial charge in [0.05, 0.1) is 5.56 Å². The van der Waals surface area contributed by atoms with E-state index in [0.29, 0.717) is 21.8 Å². The molecule has 1 atom stereocenters. The van der Waals surface area contributed by atoms with E-state index in [-0.39, 0.29) is 11.7 Å². The molecular weight excluding hydrogens is 334 g/mol. The zero-order valence-corrected chi connectivity index (χ0v) is 15.4. The van der Waals surface area contributed by atoms with Crippen LogP contribution < -0.4 is 0 Å². The Bertz CT molecular complexity index is 842. The molecule has 0 aliphatic carbocycles. The maximum absolute atomic E-state index is 12.6. The SMILES string of the molecule is CC(=O)c1cc(C#N)c(SC(C(=O)N(C)C)c2ccccc2)nc1C. The summed E-state index contributed by atoms with van der Waals surface area (Å²) in [6.45, 7) is 3.17. The van der Waals surface area contributed by atoms with E-state index in [9.17, 15) is 14.9 Å². The summed E-state index contributed by atoms with van der Waals surface area (Å²) in [6, 6.07) is 13.0. The highest BCUT2D eigenvalue weighted by Gasteiger charge is 2.26. The lowest BCUT2D eigenvalue weighted by atomic mass is 10.1. The summed E-state index contributed by atoms with van der Waals surface area (Å²) in [7, 11) is 3.39. The van der Waals surface area contributed by atoms with E-state index in [0.717, 1.165) is 5.56 Å². The quantitative estimate of drug-likeness (QED) is 0.608. The van der Waals surface area contributed by atoms with Gasteiger partial charge in [-0.15, -0.1) is 0 Å². The Kier molecular flexibility index (Phi) is 5.94. The monoisotopic (exact) mass is 353 g/mol. The molecule has 0 saturated heterocycles. The molecule has 1 aromatic carbocycles. The van der Waals surface area contributed by atoms with E-state index in [1.165, 1.54) is 23.6 Å². The van der Waals surface area contributed by atoms with Crippen LogP contribution in [0, 0.1) is 18.3 Å². The number of likely N-dealkylation sites (N-methyl/N-ethyl adjacent to an activating group) is 1. The molecule has 0 saturated carbocycles. The number of ketones is 1. The molecule has 2 aromatic rings. The summed E-state index contributed by atoms with van der Waals surface area (Å²) >= 11 is 1.23. The first kappa shape index (κ1) is 18.7. The number of carbonyl (C=O) groups is 2. The normalized spacial score (nSPS) is 11.5. The van der Waals surface area contributed by atoms with E-state index in [2.05, 4.69) is 11.1 Å². The van der Waals surface area contributed by atoms with Gasteiger partial charge in [0.1, 0.15) is 16.3 Å². The summed E-state index contributed by atoms with van der Waals surface area (Å²) in [6.07, 6.45) is 0. The van der Waals surface area contributed by atoms with E-state index in [1.54, 1.807) is 27.1 Å². The van der Waals surface area contributed by atoms with Crippen molar-refractivity contribution in [2.24, 2.45) is 0 Å². The van der Waals surface area contributed by atoms with Gasteiger partial charge in [-0.25, -0.2) is 4.98 Å². The average Bonchev–Trinajstić information content (AvgIpc) is 2.59. The molecule has 0 fully saturated rings. The number of aromatic nitrogens is 1. The Balaban J connectivity index is 2.49. The fourth-order valence-corrected chi connectivity index (χ4v) is 3.59. The van der Waals surface area contributed by atoms with Crippen molar-refractivity contribution in [3.05, 3.63) is 58.8 Å². The van der Waals surface area contributed by atoms with Crippen LogP contribution in [-0.4, -0.2) is 35.7 Å². The maximum atomic E-state index is 12.6. The minimum absolute atomic E-state index is 0.0878. The predicted octanol–water partition coefficient (Wildman–Crippen LogP) is 3.39. The first-order valence-electron chi connectivity index (χ1n) is 7.70. The summed E-state index contributed by atoms with van der Waals surface area (Å²) in [5.41, 5.74) is 2.12. The summed E-state index contributed by atoms with van der Waals surface area (Å²) in [4.78, 5) is 30.3. The number of pyridine rings is 1. The third-order valence-electron chi connectivity index (χ3n) is 3.67. The number of amides is 1. The lowest BCUT2D eigenvalue weighted by Gasteiger charge is -2.21. The number of hydrogen-bond acceptors (Lipinski definition) is 5. The zero-order valence-electron chi connectivity index (χ0n) is 14.6. The molecule has 5 nitrogen and oxygen atoms in total. The van der Waals surface area contributed by atoms with Crippen molar-refractivity contribution in [2.75, 3.05) is 14.1 Å². The number of carbonyl (C=O) groups excluding carboxylic acids is 2. The van der Waals surface area contributed by atoms with Crippen molar-refractivity contribution < 1.29 is 9.59 Å². The molecule has 1 amide bonds. The Morgan fingerprint density at radius 2 is 1.88 bits per heavy atom. The molecule has 0 radical (unpaired) electrons. The molecule has 25 heavy (non-hydrogen) atoms. The van der Waals surface area contributed by atoms with Crippen LogP contribution in [0.4, 0.5) is 0 Å². The lowest BCUT2D eigenvalue weighted by Crippen LogP contribution is -2.26. The summed E-state index contributed by atoms with van der Waals surface area (Å²) < 4.78 is 0. The number of Topliss-reactive ketones (excluding diaryl/α,β-unsaturated/α-hetero) is 1. The van der Waals surface area contributed by atoms with Crippen molar-refractivity contribution in [2.45, 2.75) is 24.1 Å². The van der Waals surface area contributed by atoms with Crippen LogP contribution in [0.25, 0.3) is 0 Å².